The zero-order valence-electron chi connectivity index (χ0n) is 8.51. The van der Waals surface area contributed by atoms with E-state index in [0.717, 1.165) is 19.3 Å². The minimum atomic E-state index is 0.190. The Morgan fingerprint density at radius 3 is 2.00 bits per heavy atom. The third kappa shape index (κ3) is 6.62. The first-order valence-electron chi connectivity index (χ1n) is 4.71. The van der Waals surface area contributed by atoms with Gasteiger partial charge in [0.25, 0.3) is 0 Å². The lowest BCUT2D eigenvalue weighted by atomic mass is 9.86. The van der Waals surface area contributed by atoms with Gasteiger partial charge in [0.05, 0.1) is 0 Å². The first-order valence-corrected chi connectivity index (χ1v) is 4.71. The average molecular weight is 174 g/mol. The molecule has 0 spiro atoms. The van der Waals surface area contributed by atoms with Crippen molar-refractivity contribution in [2.45, 2.75) is 40.0 Å². The molecule has 0 saturated heterocycles. The molecule has 0 unspecified atom stereocenters. The Morgan fingerprint density at radius 2 is 1.67 bits per heavy atom. The van der Waals surface area contributed by atoms with Gasteiger partial charge in [0.2, 0.25) is 0 Å². The van der Waals surface area contributed by atoms with Gasteiger partial charge in [-0.15, -0.1) is 0 Å². The summed E-state index contributed by atoms with van der Waals surface area (Å²) < 4.78 is 0. The summed E-state index contributed by atoms with van der Waals surface area (Å²) in [6.07, 6.45) is 2.85. The van der Waals surface area contributed by atoms with E-state index in [4.69, 9.17) is 10.2 Å². The van der Waals surface area contributed by atoms with Crippen molar-refractivity contribution in [3.63, 3.8) is 0 Å². The van der Waals surface area contributed by atoms with Gasteiger partial charge < -0.3 is 10.2 Å². The van der Waals surface area contributed by atoms with Crippen LogP contribution in [0, 0.1) is 11.3 Å². The number of aliphatic hydroxyl groups excluding tert-OH is 2. The second kappa shape index (κ2) is 5.55. The molecular formula is C10H22O2. The van der Waals surface area contributed by atoms with Crippen molar-refractivity contribution < 1.29 is 10.2 Å². The predicted octanol–water partition coefficient (Wildman–Crippen LogP) is 1.80. The standard InChI is InChI=1S/C10H22O2/c1-10(2,3)6-4-9(8-12)5-7-11/h9,11-12H,4-8H2,1-3H3/t9-/m1/s1. The van der Waals surface area contributed by atoms with Gasteiger partial charge in [0.15, 0.2) is 0 Å². The molecule has 2 nitrogen and oxygen atoms in total. The maximum atomic E-state index is 8.94. The van der Waals surface area contributed by atoms with Gasteiger partial charge >= 0.3 is 0 Å². The maximum absolute atomic E-state index is 8.94. The van der Waals surface area contributed by atoms with Crippen LogP contribution in [0.2, 0.25) is 0 Å². The van der Waals surface area contributed by atoms with Gasteiger partial charge in [-0.3, -0.25) is 0 Å². The van der Waals surface area contributed by atoms with E-state index in [-0.39, 0.29) is 19.1 Å². The minimum Gasteiger partial charge on any atom is -0.396 e. The van der Waals surface area contributed by atoms with Crippen molar-refractivity contribution >= 4 is 0 Å². The first kappa shape index (κ1) is 11.9. The molecule has 0 aromatic carbocycles. The third-order valence-corrected chi connectivity index (χ3v) is 2.10. The molecule has 0 rings (SSSR count). The van der Waals surface area contributed by atoms with E-state index in [1.165, 1.54) is 0 Å². The summed E-state index contributed by atoms with van der Waals surface area (Å²) in [5, 5.41) is 17.6. The van der Waals surface area contributed by atoms with Gasteiger partial charge in [0, 0.05) is 13.2 Å². The van der Waals surface area contributed by atoms with Crippen LogP contribution in [-0.2, 0) is 0 Å². The molecule has 0 aromatic rings. The average Bonchev–Trinajstić information content (AvgIpc) is 1.96. The second-order valence-corrected chi connectivity index (χ2v) is 4.66. The lowest BCUT2D eigenvalue weighted by Crippen LogP contribution is -2.13. The van der Waals surface area contributed by atoms with E-state index in [0.29, 0.717) is 5.41 Å². The molecule has 74 valence electrons. The van der Waals surface area contributed by atoms with Gasteiger partial charge in [-0.05, 0) is 30.6 Å². The van der Waals surface area contributed by atoms with E-state index in [1.54, 1.807) is 0 Å². The molecule has 2 N–H and O–H groups in total. The normalized spacial score (nSPS) is 14.8. The summed E-state index contributed by atoms with van der Waals surface area (Å²) >= 11 is 0. The van der Waals surface area contributed by atoms with Gasteiger partial charge in [-0.25, -0.2) is 0 Å². The van der Waals surface area contributed by atoms with Crippen LogP contribution in [0.15, 0.2) is 0 Å². The minimum absolute atomic E-state index is 0.190. The Morgan fingerprint density at radius 1 is 1.08 bits per heavy atom. The molecule has 2 heteroatoms. The Labute approximate surface area is 75.6 Å². The smallest absolute Gasteiger partial charge is 0.0460 e. The molecule has 0 aliphatic carbocycles. The summed E-state index contributed by atoms with van der Waals surface area (Å²) in [7, 11) is 0. The largest absolute Gasteiger partial charge is 0.396 e. The van der Waals surface area contributed by atoms with Crippen LogP contribution in [0.5, 0.6) is 0 Å². The van der Waals surface area contributed by atoms with Crippen molar-refractivity contribution in [1.29, 1.82) is 0 Å². The summed E-state index contributed by atoms with van der Waals surface area (Å²) in [4.78, 5) is 0. The van der Waals surface area contributed by atoms with E-state index in [9.17, 15) is 0 Å². The summed E-state index contributed by atoms with van der Waals surface area (Å²) in [5.41, 5.74) is 0.336. The fourth-order valence-corrected chi connectivity index (χ4v) is 1.15. The van der Waals surface area contributed by atoms with Crippen molar-refractivity contribution in [3.05, 3.63) is 0 Å². The molecule has 0 saturated carbocycles. The quantitative estimate of drug-likeness (QED) is 0.667. The molecule has 0 heterocycles. The van der Waals surface area contributed by atoms with Crippen LogP contribution in [0.4, 0.5) is 0 Å². The number of hydrogen-bond acceptors (Lipinski definition) is 2. The molecule has 0 aromatic heterocycles. The van der Waals surface area contributed by atoms with Crippen LogP contribution in [0.25, 0.3) is 0 Å². The Hall–Kier alpha value is -0.0800. The molecule has 0 bridgehead atoms. The van der Waals surface area contributed by atoms with Gasteiger partial charge in [0.1, 0.15) is 0 Å². The highest BCUT2D eigenvalue weighted by molar-refractivity contribution is 4.65. The molecule has 0 aliphatic rings. The molecule has 0 amide bonds. The zero-order chi connectivity index (χ0) is 9.61. The lowest BCUT2D eigenvalue weighted by Gasteiger charge is -2.21. The maximum Gasteiger partial charge on any atom is 0.0460 e. The monoisotopic (exact) mass is 174 g/mol. The van der Waals surface area contributed by atoms with Gasteiger partial charge in [-0.2, -0.15) is 0 Å². The van der Waals surface area contributed by atoms with Crippen LogP contribution in [0.3, 0.4) is 0 Å². The zero-order valence-corrected chi connectivity index (χ0v) is 8.51. The summed E-state index contributed by atoms with van der Waals surface area (Å²) in [6, 6.07) is 0. The molecule has 0 fully saturated rings. The number of rotatable bonds is 5. The fraction of sp³-hybridized carbons (Fsp3) is 1.00. The molecule has 0 radical (unpaired) electrons. The highest BCUT2D eigenvalue weighted by atomic mass is 16.3. The van der Waals surface area contributed by atoms with E-state index in [2.05, 4.69) is 20.8 Å². The Kier molecular flexibility index (Phi) is 5.51. The third-order valence-electron chi connectivity index (χ3n) is 2.10. The van der Waals surface area contributed by atoms with Gasteiger partial charge in [-0.1, -0.05) is 20.8 Å². The Bertz CT molecular complexity index is 105. The van der Waals surface area contributed by atoms with Crippen molar-refractivity contribution in [2.24, 2.45) is 11.3 Å². The number of aliphatic hydroxyl groups is 2. The molecule has 1 atom stereocenters. The number of hydrogen-bond donors (Lipinski definition) is 2. The Balaban J connectivity index is 3.58. The summed E-state index contributed by atoms with van der Waals surface area (Å²) in [6.45, 7) is 6.98. The highest BCUT2D eigenvalue weighted by Gasteiger charge is 2.14. The first-order chi connectivity index (χ1) is 5.49. The van der Waals surface area contributed by atoms with E-state index in [1.807, 2.05) is 0 Å². The fourth-order valence-electron chi connectivity index (χ4n) is 1.15. The highest BCUT2D eigenvalue weighted by Crippen LogP contribution is 2.24. The molecular weight excluding hydrogens is 152 g/mol. The van der Waals surface area contributed by atoms with E-state index >= 15 is 0 Å². The van der Waals surface area contributed by atoms with E-state index < -0.39 is 0 Å². The molecule has 12 heavy (non-hydrogen) atoms. The van der Waals surface area contributed by atoms with Crippen molar-refractivity contribution in [3.8, 4) is 0 Å². The van der Waals surface area contributed by atoms with Crippen LogP contribution in [0.1, 0.15) is 40.0 Å². The van der Waals surface area contributed by atoms with Crippen molar-refractivity contribution in [1.82, 2.24) is 0 Å². The van der Waals surface area contributed by atoms with Crippen molar-refractivity contribution in [2.75, 3.05) is 13.2 Å². The summed E-state index contributed by atoms with van der Waals surface area (Å²) in [5.74, 6) is 0.286. The predicted molar refractivity (Wildman–Crippen MR) is 51.0 cm³/mol. The topological polar surface area (TPSA) is 40.5 Å². The SMILES string of the molecule is CC(C)(C)CC[C@@H](CO)CCO. The second-order valence-electron chi connectivity index (χ2n) is 4.66. The molecule has 0 aliphatic heterocycles. The van der Waals surface area contributed by atoms with Crippen LogP contribution in [-0.4, -0.2) is 23.4 Å². The van der Waals surface area contributed by atoms with Crippen LogP contribution >= 0.6 is 0 Å². The lowest BCUT2D eigenvalue weighted by molar-refractivity contribution is 0.164. The van der Waals surface area contributed by atoms with Crippen LogP contribution < -0.4 is 0 Å².